The number of nitrogens with two attached hydrogens (primary N) is 2. The van der Waals surface area contributed by atoms with Gasteiger partial charge in [-0.3, -0.25) is 9.98 Å². The Hall–Kier alpha value is -4.14. The summed E-state index contributed by atoms with van der Waals surface area (Å²) < 4.78 is 10.9. The summed E-state index contributed by atoms with van der Waals surface area (Å²) in [5, 5.41) is 5.11. The van der Waals surface area contributed by atoms with Gasteiger partial charge in [0.25, 0.3) is 0 Å². The highest BCUT2D eigenvalue weighted by Gasteiger charge is 2.15. The number of aromatic nitrogens is 3. The van der Waals surface area contributed by atoms with E-state index in [4.69, 9.17) is 30.9 Å². The molecule has 0 saturated carbocycles. The molecule has 4 aromatic rings. The molecule has 0 bridgehead atoms. The summed E-state index contributed by atoms with van der Waals surface area (Å²) in [6.07, 6.45) is 1.76. The minimum absolute atomic E-state index is 0.0447. The molecule has 4 rings (SSSR count). The van der Waals surface area contributed by atoms with E-state index in [1.807, 2.05) is 42.5 Å². The number of aliphatic imine (C=N–C) groups is 1. The number of hydrogen-bond acceptors (Lipinski definition) is 7. The first kappa shape index (κ1) is 20.1. The Morgan fingerprint density at radius 3 is 2.58 bits per heavy atom. The van der Waals surface area contributed by atoms with Crippen LogP contribution in [0.2, 0.25) is 0 Å². The Bertz CT molecular complexity index is 1260. The number of anilines is 1. The van der Waals surface area contributed by atoms with Crippen molar-refractivity contribution in [3.05, 3.63) is 48.7 Å². The topological polar surface area (TPSA) is 134 Å². The number of benzene rings is 2. The lowest BCUT2D eigenvalue weighted by molar-refractivity contribution is 0.356. The third-order valence-corrected chi connectivity index (χ3v) is 4.77. The van der Waals surface area contributed by atoms with Crippen molar-refractivity contribution in [3.63, 3.8) is 0 Å². The first-order valence-electron chi connectivity index (χ1n) is 9.68. The molecule has 0 unspecified atom stereocenters. The minimum Gasteiger partial charge on any atom is -0.493 e. The maximum absolute atomic E-state index is 5.46. The van der Waals surface area contributed by atoms with Crippen LogP contribution in [0, 0.1) is 0 Å². The monoisotopic (exact) mass is 417 g/mol. The Kier molecular flexibility index (Phi) is 5.65. The second-order valence-electron chi connectivity index (χ2n) is 6.73. The molecule has 0 aliphatic heterocycles. The van der Waals surface area contributed by atoms with Crippen LogP contribution in [-0.4, -0.2) is 48.2 Å². The molecule has 0 amide bonds. The van der Waals surface area contributed by atoms with Crippen LogP contribution < -0.4 is 26.3 Å². The third kappa shape index (κ3) is 4.11. The van der Waals surface area contributed by atoms with E-state index in [0.717, 1.165) is 21.9 Å². The van der Waals surface area contributed by atoms with Crippen LogP contribution in [0.1, 0.15) is 0 Å². The lowest BCUT2D eigenvalue weighted by Crippen LogP contribution is -2.24. The fourth-order valence-corrected chi connectivity index (χ4v) is 3.35. The number of pyridine rings is 1. The van der Waals surface area contributed by atoms with Crippen LogP contribution in [0.4, 0.5) is 5.82 Å². The SMILES string of the molecule is COc1cc2nc(-c3cccc4cccnc34)nc(NCCN=C(N)N)c2cc1OC. The number of para-hydroxylation sites is 1. The molecular weight excluding hydrogens is 394 g/mol. The van der Waals surface area contributed by atoms with E-state index >= 15 is 0 Å². The molecule has 31 heavy (non-hydrogen) atoms. The summed E-state index contributed by atoms with van der Waals surface area (Å²) in [5.41, 5.74) is 13.2. The molecule has 9 heteroatoms. The number of rotatable bonds is 7. The van der Waals surface area contributed by atoms with Crippen molar-refractivity contribution in [1.29, 1.82) is 0 Å². The first-order chi connectivity index (χ1) is 15.1. The molecule has 0 saturated heterocycles. The van der Waals surface area contributed by atoms with Crippen molar-refractivity contribution >= 4 is 33.6 Å². The van der Waals surface area contributed by atoms with Gasteiger partial charge in [0.15, 0.2) is 23.3 Å². The van der Waals surface area contributed by atoms with Crippen molar-refractivity contribution < 1.29 is 9.47 Å². The molecule has 2 aromatic heterocycles. The standard InChI is InChI=1S/C22H23N7O2/c1-30-17-11-15-16(12-18(17)31-2)28-21(29-20(15)26-9-10-27-22(23)24)14-7-3-5-13-6-4-8-25-19(13)14/h3-8,11-12H,9-10H2,1-2H3,(H4,23,24,27)(H,26,28,29). The lowest BCUT2D eigenvalue weighted by atomic mass is 10.1. The van der Waals surface area contributed by atoms with E-state index in [1.165, 1.54) is 0 Å². The van der Waals surface area contributed by atoms with Gasteiger partial charge < -0.3 is 26.3 Å². The fourth-order valence-electron chi connectivity index (χ4n) is 3.35. The summed E-state index contributed by atoms with van der Waals surface area (Å²) in [6.45, 7) is 0.901. The highest BCUT2D eigenvalue weighted by molar-refractivity contribution is 5.96. The predicted molar refractivity (Wildman–Crippen MR) is 123 cm³/mol. The predicted octanol–water partition coefficient (Wildman–Crippen LogP) is 2.55. The Balaban J connectivity index is 1.88. The molecule has 0 fully saturated rings. The van der Waals surface area contributed by atoms with Crippen molar-refractivity contribution in [2.75, 3.05) is 32.6 Å². The zero-order valence-electron chi connectivity index (χ0n) is 17.3. The normalized spacial score (nSPS) is 10.8. The smallest absolute Gasteiger partial charge is 0.185 e. The molecule has 158 valence electrons. The van der Waals surface area contributed by atoms with Crippen LogP contribution in [0.5, 0.6) is 11.5 Å². The second-order valence-corrected chi connectivity index (χ2v) is 6.73. The van der Waals surface area contributed by atoms with Gasteiger partial charge in [0.05, 0.1) is 31.8 Å². The van der Waals surface area contributed by atoms with E-state index in [2.05, 4.69) is 15.3 Å². The van der Waals surface area contributed by atoms with Crippen LogP contribution in [0.15, 0.2) is 53.7 Å². The van der Waals surface area contributed by atoms with Gasteiger partial charge in [-0.05, 0) is 18.2 Å². The van der Waals surface area contributed by atoms with Gasteiger partial charge in [0.2, 0.25) is 0 Å². The summed E-state index contributed by atoms with van der Waals surface area (Å²) >= 11 is 0. The maximum Gasteiger partial charge on any atom is 0.185 e. The molecule has 0 atom stereocenters. The molecule has 0 aliphatic rings. The van der Waals surface area contributed by atoms with Crippen molar-refractivity contribution in [2.45, 2.75) is 0 Å². The molecule has 9 nitrogen and oxygen atoms in total. The van der Waals surface area contributed by atoms with Gasteiger partial charge in [-0.2, -0.15) is 0 Å². The summed E-state index contributed by atoms with van der Waals surface area (Å²) in [7, 11) is 3.18. The number of ether oxygens (including phenoxy) is 2. The third-order valence-electron chi connectivity index (χ3n) is 4.77. The number of methoxy groups -OCH3 is 2. The number of nitrogens with zero attached hydrogens (tertiary/aromatic N) is 4. The maximum atomic E-state index is 5.46. The van der Waals surface area contributed by atoms with Crippen molar-refractivity contribution in [1.82, 2.24) is 15.0 Å². The zero-order valence-corrected chi connectivity index (χ0v) is 17.3. The van der Waals surface area contributed by atoms with Crippen LogP contribution >= 0.6 is 0 Å². The van der Waals surface area contributed by atoms with Crippen LogP contribution in [0.3, 0.4) is 0 Å². The van der Waals surface area contributed by atoms with E-state index in [0.29, 0.717) is 41.7 Å². The summed E-state index contributed by atoms with van der Waals surface area (Å²) in [6, 6.07) is 13.5. The fraction of sp³-hybridized carbons (Fsp3) is 0.182. The highest BCUT2D eigenvalue weighted by atomic mass is 16.5. The van der Waals surface area contributed by atoms with Gasteiger partial charge in [-0.1, -0.05) is 18.2 Å². The quantitative estimate of drug-likeness (QED) is 0.237. The van der Waals surface area contributed by atoms with Gasteiger partial charge in [0, 0.05) is 35.1 Å². The summed E-state index contributed by atoms with van der Waals surface area (Å²) in [5.74, 6) is 2.41. The molecule has 2 heterocycles. The average Bonchev–Trinajstić information content (AvgIpc) is 2.80. The van der Waals surface area contributed by atoms with E-state index in [9.17, 15) is 0 Å². The highest BCUT2D eigenvalue weighted by Crippen LogP contribution is 2.36. The van der Waals surface area contributed by atoms with Gasteiger partial charge in [-0.25, -0.2) is 9.97 Å². The average molecular weight is 417 g/mol. The molecular formula is C22H23N7O2. The Labute approximate surface area is 179 Å². The van der Waals surface area contributed by atoms with E-state index in [1.54, 1.807) is 20.4 Å². The van der Waals surface area contributed by atoms with Crippen LogP contribution in [-0.2, 0) is 0 Å². The van der Waals surface area contributed by atoms with Gasteiger partial charge in [-0.15, -0.1) is 0 Å². The minimum atomic E-state index is 0.0447. The lowest BCUT2D eigenvalue weighted by Gasteiger charge is -2.14. The number of hydrogen-bond donors (Lipinski definition) is 3. The molecule has 0 radical (unpaired) electrons. The number of fused-ring (bicyclic) bond motifs is 2. The van der Waals surface area contributed by atoms with Crippen LogP contribution in [0.25, 0.3) is 33.2 Å². The molecule has 0 spiro atoms. The largest absolute Gasteiger partial charge is 0.493 e. The van der Waals surface area contributed by atoms with Gasteiger partial charge >= 0.3 is 0 Å². The first-order valence-corrected chi connectivity index (χ1v) is 9.68. The van der Waals surface area contributed by atoms with Gasteiger partial charge in [0.1, 0.15) is 5.82 Å². The van der Waals surface area contributed by atoms with Crippen molar-refractivity contribution in [2.24, 2.45) is 16.5 Å². The zero-order chi connectivity index (χ0) is 21.8. The van der Waals surface area contributed by atoms with E-state index < -0.39 is 0 Å². The molecule has 2 aromatic carbocycles. The molecule has 0 aliphatic carbocycles. The Morgan fingerprint density at radius 1 is 1.03 bits per heavy atom. The van der Waals surface area contributed by atoms with E-state index in [-0.39, 0.29) is 5.96 Å². The Morgan fingerprint density at radius 2 is 1.81 bits per heavy atom. The number of nitrogens with one attached hydrogen (secondary N) is 1. The molecule has 5 N–H and O–H groups in total. The summed E-state index contributed by atoms with van der Waals surface area (Å²) in [4.78, 5) is 18.1. The number of guanidine groups is 1. The second kappa shape index (κ2) is 8.70. The van der Waals surface area contributed by atoms with Crippen molar-refractivity contribution in [3.8, 4) is 22.9 Å².